The first kappa shape index (κ1) is 16.8. The van der Waals surface area contributed by atoms with E-state index in [1.807, 2.05) is 30.3 Å². The molecule has 2 aliphatic rings. The fourth-order valence-corrected chi connectivity index (χ4v) is 2.93. The number of hydrogen-bond donors (Lipinski definition) is 2. The fraction of sp³-hybridized carbons (Fsp3) is 0.450. The van der Waals surface area contributed by atoms with Gasteiger partial charge in [-0.1, -0.05) is 6.92 Å². The van der Waals surface area contributed by atoms with E-state index in [9.17, 15) is 0 Å². The minimum atomic E-state index is 0.491. The zero-order valence-electron chi connectivity index (χ0n) is 15.0. The monoisotopic (exact) mass is 355 g/mol. The highest BCUT2D eigenvalue weighted by molar-refractivity contribution is 5.94. The molecule has 4 rings (SSSR count). The van der Waals surface area contributed by atoms with Crippen LogP contribution in [0.2, 0.25) is 0 Å². The van der Waals surface area contributed by atoms with E-state index in [-0.39, 0.29) is 0 Å². The van der Waals surface area contributed by atoms with Crippen molar-refractivity contribution < 1.29 is 13.9 Å². The molecule has 0 spiro atoms. The Morgan fingerprint density at radius 1 is 1.19 bits per heavy atom. The Labute approximate surface area is 153 Å². The van der Waals surface area contributed by atoms with Gasteiger partial charge in [0, 0.05) is 37.2 Å². The summed E-state index contributed by atoms with van der Waals surface area (Å²) in [6.07, 6.45) is 4.55. The van der Waals surface area contributed by atoms with E-state index in [1.54, 1.807) is 6.26 Å². The normalized spacial score (nSPS) is 21.8. The van der Waals surface area contributed by atoms with Gasteiger partial charge in [-0.05, 0) is 36.6 Å². The lowest BCUT2D eigenvalue weighted by Crippen LogP contribution is -2.33. The molecule has 1 aliphatic heterocycles. The summed E-state index contributed by atoms with van der Waals surface area (Å²) >= 11 is 0. The molecule has 0 bridgehead atoms. The average Bonchev–Trinajstić information content (AvgIpc) is 3.16. The van der Waals surface area contributed by atoms with Crippen molar-refractivity contribution in [1.29, 1.82) is 0 Å². The molecule has 2 heterocycles. The maximum Gasteiger partial charge on any atom is 0.196 e. The molecule has 1 aliphatic carbocycles. The van der Waals surface area contributed by atoms with Crippen molar-refractivity contribution in [1.82, 2.24) is 5.32 Å². The molecule has 2 aromatic rings. The second kappa shape index (κ2) is 7.72. The molecule has 2 N–H and O–H groups in total. The number of anilines is 1. The van der Waals surface area contributed by atoms with Crippen LogP contribution in [-0.4, -0.2) is 31.8 Å². The largest absolute Gasteiger partial charge is 0.490 e. The Morgan fingerprint density at radius 2 is 2.04 bits per heavy atom. The zero-order valence-corrected chi connectivity index (χ0v) is 15.0. The lowest BCUT2D eigenvalue weighted by atomic mass is 10.2. The predicted octanol–water partition coefficient (Wildman–Crippen LogP) is 3.45. The van der Waals surface area contributed by atoms with E-state index >= 15 is 0 Å². The van der Waals surface area contributed by atoms with Crippen LogP contribution in [0.1, 0.15) is 25.5 Å². The van der Waals surface area contributed by atoms with Gasteiger partial charge in [-0.15, -0.1) is 0 Å². The number of furan rings is 1. The van der Waals surface area contributed by atoms with Crippen LogP contribution in [0.3, 0.4) is 0 Å². The zero-order chi connectivity index (χ0) is 17.8. The maximum atomic E-state index is 5.77. The molecular weight excluding hydrogens is 330 g/mol. The number of aliphatic imine (C=N–C) groups is 1. The summed E-state index contributed by atoms with van der Waals surface area (Å²) in [5.74, 6) is 4.01. The Morgan fingerprint density at radius 3 is 2.81 bits per heavy atom. The average molecular weight is 355 g/mol. The molecule has 1 aromatic heterocycles. The lowest BCUT2D eigenvalue weighted by molar-refractivity contribution is 0.297. The Hall–Kier alpha value is -2.63. The minimum absolute atomic E-state index is 0.491. The third-order valence-corrected chi connectivity index (χ3v) is 4.65. The second-order valence-corrected chi connectivity index (χ2v) is 6.86. The van der Waals surface area contributed by atoms with Gasteiger partial charge in [-0.25, -0.2) is 0 Å². The van der Waals surface area contributed by atoms with Crippen LogP contribution in [0.15, 0.2) is 46.0 Å². The van der Waals surface area contributed by atoms with E-state index in [0.717, 1.165) is 41.7 Å². The summed E-state index contributed by atoms with van der Waals surface area (Å²) in [5, 5.41) is 6.89. The van der Waals surface area contributed by atoms with Crippen molar-refractivity contribution in [3.05, 3.63) is 42.4 Å². The fourth-order valence-electron chi connectivity index (χ4n) is 2.93. The Bertz CT molecular complexity index is 758. The molecule has 2 unspecified atom stereocenters. The molecule has 0 amide bonds. The van der Waals surface area contributed by atoms with Gasteiger partial charge >= 0.3 is 0 Å². The molecule has 1 fully saturated rings. The van der Waals surface area contributed by atoms with Gasteiger partial charge in [-0.3, -0.25) is 4.99 Å². The molecule has 138 valence electrons. The third kappa shape index (κ3) is 4.31. The van der Waals surface area contributed by atoms with E-state index in [4.69, 9.17) is 18.9 Å². The smallest absolute Gasteiger partial charge is 0.196 e. The van der Waals surface area contributed by atoms with E-state index in [1.165, 1.54) is 6.42 Å². The number of hydrogen-bond acceptors (Lipinski definition) is 4. The number of guanidine groups is 1. The van der Waals surface area contributed by atoms with Crippen LogP contribution in [0.4, 0.5) is 5.69 Å². The van der Waals surface area contributed by atoms with Gasteiger partial charge in [0.1, 0.15) is 5.76 Å². The summed E-state index contributed by atoms with van der Waals surface area (Å²) in [6.45, 7) is 4.28. The quantitative estimate of drug-likeness (QED) is 0.635. The number of nitrogens with one attached hydrogen (secondary N) is 2. The van der Waals surface area contributed by atoms with Gasteiger partial charge in [0.15, 0.2) is 17.5 Å². The number of ether oxygens (including phenoxy) is 2. The Balaban J connectivity index is 1.44. The van der Waals surface area contributed by atoms with Crippen molar-refractivity contribution in [2.75, 3.05) is 25.1 Å². The van der Waals surface area contributed by atoms with Crippen molar-refractivity contribution in [3.63, 3.8) is 0 Å². The molecule has 26 heavy (non-hydrogen) atoms. The first-order chi connectivity index (χ1) is 12.8. The van der Waals surface area contributed by atoms with Gasteiger partial charge in [-0.2, -0.15) is 0 Å². The molecule has 1 saturated carbocycles. The van der Waals surface area contributed by atoms with Crippen LogP contribution >= 0.6 is 0 Å². The SMILES string of the molecule is CC1CC1NC(=NCCc1ccco1)Nc1ccc2c(c1)OCCCO2. The van der Waals surface area contributed by atoms with Crippen molar-refractivity contribution in [2.24, 2.45) is 10.9 Å². The summed E-state index contributed by atoms with van der Waals surface area (Å²) in [7, 11) is 0. The van der Waals surface area contributed by atoms with Crippen molar-refractivity contribution >= 4 is 11.6 Å². The number of rotatable bonds is 5. The van der Waals surface area contributed by atoms with Crippen LogP contribution in [0.5, 0.6) is 11.5 Å². The van der Waals surface area contributed by atoms with Crippen LogP contribution < -0.4 is 20.1 Å². The minimum Gasteiger partial charge on any atom is -0.490 e. The standard InChI is InChI=1S/C20H25N3O3/c1-14-12-17(14)23-20(21-8-7-16-4-2-9-24-16)22-15-5-6-18-19(13-15)26-11-3-10-25-18/h2,4-6,9,13-14,17H,3,7-8,10-12H2,1H3,(H2,21,22,23). The van der Waals surface area contributed by atoms with E-state index in [2.05, 4.69) is 17.6 Å². The summed E-state index contributed by atoms with van der Waals surface area (Å²) < 4.78 is 16.8. The highest BCUT2D eigenvalue weighted by Crippen LogP contribution is 2.33. The third-order valence-electron chi connectivity index (χ3n) is 4.65. The molecule has 6 heteroatoms. The van der Waals surface area contributed by atoms with Gasteiger partial charge in [0.2, 0.25) is 0 Å². The first-order valence-corrected chi connectivity index (χ1v) is 9.28. The molecule has 6 nitrogen and oxygen atoms in total. The first-order valence-electron chi connectivity index (χ1n) is 9.28. The highest BCUT2D eigenvalue weighted by Gasteiger charge is 2.33. The molecule has 1 aromatic carbocycles. The van der Waals surface area contributed by atoms with Crippen molar-refractivity contribution in [2.45, 2.75) is 32.2 Å². The van der Waals surface area contributed by atoms with Gasteiger partial charge in [0.25, 0.3) is 0 Å². The van der Waals surface area contributed by atoms with Crippen LogP contribution in [-0.2, 0) is 6.42 Å². The topological polar surface area (TPSA) is 68.0 Å². The molecular formula is C20H25N3O3. The predicted molar refractivity (Wildman–Crippen MR) is 101 cm³/mol. The van der Waals surface area contributed by atoms with Crippen LogP contribution in [0, 0.1) is 5.92 Å². The van der Waals surface area contributed by atoms with Gasteiger partial charge < -0.3 is 24.5 Å². The summed E-state index contributed by atoms with van der Waals surface area (Å²) in [6, 6.07) is 10.3. The second-order valence-electron chi connectivity index (χ2n) is 6.86. The van der Waals surface area contributed by atoms with E-state index < -0.39 is 0 Å². The Kier molecular flexibility index (Phi) is 5.00. The summed E-state index contributed by atoms with van der Waals surface area (Å²) in [4.78, 5) is 4.70. The lowest BCUT2D eigenvalue weighted by Gasteiger charge is -2.14. The maximum absolute atomic E-state index is 5.77. The molecule has 0 radical (unpaired) electrons. The molecule has 0 saturated heterocycles. The van der Waals surface area contributed by atoms with Crippen LogP contribution in [0.25, 0.3) is 0 Å². The van der Waals surface area contributed by atoms with Gasteiger partial charge in [0.05, 0.1) is 19.5 Å². The van der Waals surface area contributed by atoms with E-state index in [0.29, 0.717) is 31.7 Å². The van der Waals surface area contributed by atoms with Crippen molar-refractivity contribution in [3.8, 4) is 11.5 Å². The number of benzene rings is 1. The summed E-state index contributed by atoms with van der Waals surface area (Å²) in [5.41, 5.74) is 0.937. The number of nitrogens with zero attached hydrogens (tertiary/aromatic N) is 1. The number of fused-ring (bicyclic) bond motifs is 1. The highest BCUT2D eigenvalue weighted by atomic mass is 16.5. The molecule has 2 atom stereocenters.